The average molecular weight is 409 g/mol. The second-order valence-electron chi connectivity index (χ2n) is 9.59. The summed E-state index contributed by atoms with van der Waals surface area (Å²) in [6.45, 7) is 9.63. The van der Waals surface area contributed by atoms with Crippen molar-refractivity contribution >= 4 is 10.9 Å². The number of nitrogens with zero attached hydrogens (tertiary/aromatic N) is 5. The first-order valence-electron chi connectivity index (χ1n) is 11.0. The Morgan fingerprint density at radius 2 is 1.90 bits per heavy atom. The lowest BCUT2D eigenvalue weighted by Crippen LogP contribution is -2.39. The van der Waals surface area contributed by atoms with Crippen molar-refractivity contribution in [3.63, 3.8) is 0 Å². The molecular weight excluding hydrogens is 376 g/mol. The molecule has 0 saturated heterocycles. The third-order valence-electron chi connectivity index (χ3n) is 6.06. The van der Waals surface area contributed by atoms with Gasteiger partial charge < -0.3 is 4.98 Å². The van der Waals surface area contributed by atoms with E-state index in [1.165, 1.54) is 24.8 Å². The van der Waals surface area contributed by atoms with Gasteiger partial charge in [0.2, 0.25) is 0 Å². The molecule has 2 aromatic heterocycles. The Kier molecular flexibility index (Phi) is 5.73. The molecule has 7 heteroatoms. The zero-order valence-corrected chi connectivity index (χ0v) is 18.5. The number of aromatic nitrogens is 5. The van der Waals surface area contributed by atoms with Crippen LogP contribution in [0.5, 0.6) is 0 Å². The van der Waals surface area contributed by atoms with Gasteiger partial charge in [-0.3, -0.25) is 9.69 Å². The molecule has 0 unspecified atom stereocenters. The molecule has 30 heavy (non-hydrogen) atoms. The Morgan fingerprint density at radius 1 is 1.13 bits per heavy atom. The Bertz CT molecular complexity index is 1070. The molecule has 1 fully saturated rings. The Morgan fingerprint density at radius 3 is 2.63 bits per heavy atom. The van der Waals surface area contributed by atoms with Crippen LogP contribution in [0, 0.1) is 6.92 Å². The predicted octanol–water partition coefficient (Wildman–Crippen LogP) is 3.91. The van der Waals surface area contributed by atoms with Crippen molar-refractivity contribution in [3.8, 4) is 0 Å². The molecule has 0 atom stereocenters. The van der Waals surface area contributed by atoms with E-state index in [-0.39, 0.29) is 11.1 Å². The lowest BCUT2D eigenvalue weighted by molar-refractivity contribution is 0.130. The fourth-order valence-electron chi connectivity index (χ4n) is 4.47. The molecule has 1 aromatic carbocycles. The number of aryl methyl sites for hydroxylation is 1. The maximum absolute atomic E-state index is 12.8. The highest BCUT2D eigenvalue weighted by Gasteiger charge is 2.27. The van der Waals surface area contributed by atoms with Crippen LogP contribution < -0.4 is 5.56 Å². The van der Waals surface area contributed by atoms with Crippen LogP contribution in [0.1, 0.15) is 69.8 Å². The van der Waals surface area contributed by atoms with Crippen LogP contribution in [0.2, 0.25) is 0 Å². The minimum Gasteiger partial charge on any atom is -0.322 e. The first-order chi connectivity index (χ1) is 14.3. The van der Waals surface area contributed by atoms with Crippen molar-refractivity contribution in [2.24, 2.45) is 0 Å². The highest BCUT2D eigenvalue weighted by Crippen LogP contribution is 2.26. The molecule has 7 nitrogen and oxygen atoms in total. The minimum absolute atomic E-state index is 0.0115. The molecule has 1 saturated carbocycles. The van der Waals surface area contributed by atoms with E-state index in [4.69, 9.17) is 0 Å². The smallest absolute Gasteiger partial charge is 0.252 e. The van der Waals surface area contributed by atoms with Gasteiger partial charge in [0.15, 0.2) is 5.82 Å². The number of aromatic amines is 1. The average Bonchev–Trinajstić information content (AvgIpc) is 3.18. The van der Waals surface area contributed by atoms with E-state index in [1.54, 1.807) is 0 Å². The first kappa shape index (κ1) is 20.7. The summed E-state index contributed by atoms with van der Waals surface area (Å²) in [4.78, 5) is 18.3. The van der Waals surface area contributed by atoms with E-state index in [1.807, 2.05) is 22.9 Å². The molecule has 2 heterocycles. The maximum atomic E-state index is 12.8. The van der Waals surface area contributed by atoms with Crippen LogP contribution >= 0.6 is 0 Å². The second-order valence-corrected chi connectivity index (χ2v) is 9.59. The quantitative estimate of drug-likeness (QED) is 0.692. The van der Waals surface area contributed by atoms with Crippen LogP contribution in [0.15, 0.2) is 29.1 Å². The molecule has 3 aromatic rings. The molecule has 0 bridgehead atoms. The van der Waals surface area contributed by atoms with E-state index in [0.717, 1.165) is 35.1 Å². The highest BCUT2D eigenvalue weighted by molar-refractivity contribution is 5.79. The Balaban J connectivity index is 1.67. The summed E-state index contributed by atoms with van der Waals surface area (Å²) in [5, 5.41) is 13.5. The normalized spacial score (nSPS) is 15.9. The van der Waals surface area contributed by atoms with Gasteiger partial charge in [0.25, 0.3) is 5.56 Å². The summed E-state index contributed by atoms with van der Waals surface area (Å²) < 4.78 is 1.90. The molecule has 0 amide bonds. The maximum Gasteiger partial charge on any atom is 0.252 e. The van der Waals surface area contributed by atoms with Crippen molar-refractivity contribution < 1.29 is 0 Å². The zero-order valence-electron chi connectivity index (χ0n) is 18.5. The number of benzene rings is 1. The van der Waals surface area contributed by atoms with Gasteiger partial charge >= 0.3 is 0 Å². The third kappa shape index (κ3) is 4.46. The third-order valence-corrected chi connectivity index (χ3v) is 6.06. The topological polar surface area (TPSA) is 79.7 Å². The molecule has 160 valence electrons. The Hall–Kier alpha value is -2.54. The number of pyridine rings is 1. The van der Waals surface area contributed by atoms with Crippen molar-refractivity contribution in [1.29, 1.82) is 0 Å². The fourth-order valence-corrected chi connectivity index (χ4v) is 4.47. The number of tetrazole rings is 1. The number of H-pyrrole nitrogens is 1. The number of hydrogen-bond acceptors (Lipinski definition) is 5. The van der Waals surface area contributed by atoms with Crippen LogP contribution in [0.3, 0.4) is 0 Å². The van der Waals surface area contributed by atoms with Gasteiger partial charge in [-0.25, -0.2) is 4.68 Å². The zero-order chi connectivity index (χ0) is 21.3. The molecule has 1 aliphatic carbocycles. The second kappa shape index (κ2) is 8.30. The van der Waals surface area contributed by atoms with Crippen molar-refractivity contribution in [2.75, 3.05) is 0 Å². The molecule has 0 aliphatic heterocycles. The van der Waals surface area contributed by atoms with Crippen LogP contribution in [0.4, 0.5) is 0 Å². The van der Waals surface area contributed by atoms with Gasteiger partial charge in [-0.2, -0.15) is 0 Å². The first-order valence-corrected chi connectivity index (χ1v) is 11.0. The molecule has 4 rings (SSSR count). The van der Waals surface area contributed by atoms with Gasteiger partial charge in [-0.05, 0) is 74.5 Å². The largest absolute Gasteiger partial charge is 0.322 e. The van der Waals surface area contributed by atoms with Crippen LogP contribution in [-0.4, -0.2) is 36.1 Å². The van der Waals surface area contributed by atoms with E-state index >= 15 is 0 Å². The lowest BCUT2D eigenvalue weighted by Gasteiger charge is -2.34. The number of hydrogen-bond donors (Lipinski definition) is 1. The van der Waals surface area contributed by atoms with Crippen molar-refractivity contribution in [3.05, 3.63) is 51.6 Å². The number of fused-ring (bicyclic) bond motifs is 1. The predicted molar refractivity (Wildman–Crippen MR) is 118 cm³/mol. The number of nitrogens with one attached hydrogen (secondary N) is 1. The molecular formula is C23H32N6O. The summed E-state index contributed by atoms with van der Waals surface area (Å²) in [5.41, 5.74) is 2.68. The highest BCUT2D eigenvalue weighted by atomic mass is 16.1. The van der Waals surface area contributed by atoms with Gasteiger partial charge in [0.1, 0.15) is 0 Å². The summed E-state index contributed by atoms with van der Waals surface area (Å²) in [6, 6.07) is 8.62. The molecule has 1 aliphatic rings. The minimum atomic E-state index is -0.185. The van der Waals surface area contributed by atoms with E-state index in [0.29, 0.717) is 19.1 Å². The van der Waals surface area contributed by atoms with Crippen molar-refractivity contribution in [1.82, 2.24) is 30.1 Å². The SMILES string of the molecule is Cc1ccc2[nH]c(=O)c(CN(Cc3nnnn3C(C)(C)C)C3CCCCC3)cc2c1. The lowest BCUT2D eigenvalue weighted by atomic mass is 9.93. The molecule has 0 spiro atoms. The summed E-state index contributed by atoms with van der Waals surface area (Å²) in [6.07, 6.45) is 6.07. The monoisotopic (exact) mass is 408 g/mol. The van der Waals surface area contributed by atoms with E-state index in [9.17, 15) is 4.79 Å². The summed E-state index contributed by atoms with van der Waals surface area (Å²) in [5.74, 6) is 0.848. The van der Waals surface area contributed by atoms with E-state index in [2.05, 4.69) is 59.2 Å². The summed E-state index contributed by atoms with van der Waals surface area (Å²) >= 11 is 0. The fraction of sp³-hybridized carbons (Fsp3) is 0.565. The standard InChI is InChI=1S/C23H32N6O/c1-16-10-11-20-17(12-16)13-18(22(30)24-20)14-28(19-8-6-5-7-9-19)15-21-25-26-27-29(21)23(2,3)4/h10-13,19H,5-9,14-15H2,1-4H3,(H,24,30). The van der Waals surface area contributed by atoms with Crippen LogP contribution in [-0.2, 0) is 18.6 Å². The van der Waals surface area contributed by atoms with Gasteiger partial charge in [-0.1, -0.05) is 30.9 Å². The summed E-state index contributed by atoms with van der Waals surface area (Å²) in [7, 11) is 0. The van der Waals surface area contributed by atoms with Crippen molar-refractivity contribution in [2.45, 2.75) is 84.5 Å². The van der Waals surface area contributed by atoms with Gasteiger partial charge in [0, 0.05) is 23.7 Å². The molecule has 0 radical (unpaired) electrons. The number of rotatable bonds is 5. The van der Waals surface area contributed by atoms with E-state index < -0.39 is 0 Å². The Labute approximate surface area is 177 Å². The van der Waals surface area contributed by atoms with Gasteiger partial charge in [0.05, 0.1) is 12.1 Å². The molecule has 1 N–H and O–H groups in total. The van der Waals surface area contributed by atoms with Crippen LogP contribution in [0.25, 0.3) is 10.9 Å². The van der Waals surface area contributed by atoms with Gasteiger partial charge in [-0.15, -0.1) is 5.10 Å².